The molecular weight excluding hydrogens is 365 g/mol. The maximum atomic E-state index is 5.62. The molecule has 4 nitrogen and oxygen atoms in total. The van der Waals surface area contributed by atoms with E-state index in [0.29, 0.717) is 0 Å². The lowest BCUT2D eigenvalue weighted by atomic mass is 10.1. The molecule has 0 saturated heterocycles. The summed E-state index contributed by atoms with van der Waals surface area (Å²) in [6, 6.07) is 8.31. The Hall–Kier alpha value is -0.980. The van der Waals surface area contributed by atoms with Gasteiger partial charge in [0.2, 0.25) is 0 Å². The molecule has 1 aliphatic heterocycles. The van der Waals surface area contributed by atoms with Gasteiger partial charge >= 0.3 is 0 Å². The number of ether oxygens (including phenoxy) is 1. The first-order chi connectivity index (χ1) is 9.24. The minimum absolute atomic E-state index is 0. The predicted octanol–water partition coefficient (Wildman–Crippen LogP) is 2.57. The summed E-state index contributed by atoms with van der Waals surface area (Å²) in [5.74, 6) is 1.87. The molecule has 0 bridgehead atoms. The fraction of sp³-hybridized carbons (Fsp3) is 0.533. The van der Waals surface area contributed by atoms with Gasteiger partial charge in [0.25, 0.3) is 0 Å². The van der Waals surface area contributed by atoms with E-state index >= 15 is 0 Å². The number of aliphatic imine (C=N–C) groups is 1. The van der Waals surface area contributed by atoms with Crippen molar-refractivity contribution in [3.8, 4) is 5.75 Å². The van der Waals surface area contributed by atoms with Gasteiger partial charge in [-0.3, -0.25) is 4.99 Å². The van der Waals surface area contributed by atoms with E-state index < -0.39 is 0 Å². The normalized spacial score (nSPS) is 14.1. The van der Waals surface area contributed by atoms with Crippen LogP contribution in [-0.4, -0.2) is 31.7 Å². The van der Waals surface area contributed by atoms with Crippen LogP contribution in [-0.2, 0) is 6.42 Å². The van der Waals surface area contributed by atoms with Crippen LogP contribution in [0.25, 0.3) is 0 Å². The lowest BCUT2D eigenvalue weighted by Gasteiger charge is -2.16. The molecule has 0 aromatic heterocycles. The zero-order valence-electron chi connectivity index (χ0n) is 12.2. The van der Waals surface area contributed by atoms with Crippen molar-refractivity contribution in [1.29, 1.82) is 0 Å². The van der Waals surface area contributed by atoms with Gasteiger partial charge in [-0.2, -0.15) is 0 Å². The maximum absolute atomic E-state index is 5.62. The molecule has 0 saturated carbocycles. The molecule has 0 fully saturated rings. The average Bonchev–Trinajstić information content (AvgIpc) is 2.41. The number of hydrogen-bond acceptors (Lipinski definition) is 4. The number of benzene rings is 1. The molecule has 1 heterocycles. The van der Waals surface area contributed by atoms with E-state index in [9.17, 15) is 0 Å². The van der Waals surface area contributed by atoms with Gasteiger partial charge in [-0.1, -0.05) is 12.1 Å². The maximum Gasteiger partial charge on any atom is 0.191 e. The van der Waals surface area contributed by atoms with Crippen molar-refractivity contribution >= 4 is 29.9 Å². The first-order valence-electron chi connectivity index (χ1n) is 7.02. The summed E-state index contributed by atoms with van der Waals surface area (Å²) >= 11 is 0. The summed E-state index contributed by atoms with van der Waals surface area (Å²) in [7, 11) is 0. The average molecular weight is 389 g/mol. The third-order valence-electron chi connectivity index (χ3n) is 2.90. The summed E-state index contributed by atoms with van der Waals surface area (Å²) in [4.78, 5) is 4.38. The van der Waals surface area contributed by atoms with Crippen LogP contribution in [0.15, 0.2) is 29.3 Å². The molecule has 0 aliphatic carbocycles. The van der Waals surface area contributed by atoms with Crippen LogP contribution >= 0.6 is 24.0 Å². The highest BCUT2D eigenvalue weighted by Crippen LogP contribution is 2.13. The second kappa shape index (κ2) is 9.05. The number of nitrogens with one attached hydrogen (secondary N) is 2. The molecule has 0 unspecified atom stereocenters. The molecule has 0 atom stereocenters. The van der Waals surface area contributed by atoms with Crippen LogP contribution in [0.1, 0.15) is 25.8 Å². The number of nitrogens with zero attached hydrogens (tertiary/aromatic N) is 1. The monoisotopic (exact) mass is 389 g/mol. The van der Waals surface area contributed by atoms with Crippen molar-refractivity contribution < 1.29 is 4.74 Å². The Kier molecular flexibility index (Phi) is 7.72. The van der Waals surface area contributed by atoms with E-state index in [4.69, 9.17) is 4.74 Å². The zero-order valence-corrected chi connectivity index (χ0v) is 14.5. The van der Waals surface area contributed by atoms with Crippen molar-refractivity contribution in [1.82, 2.24) is 10.6 Å². The van der Waals surface area contributed by atoms with Crippen molar-refractivity contribution in [2.75, 3.05) is 19.6 Å². The quantitative estimate of drug-likeness (QED) is 0.762. The summed E-state index contributed by atoms with van der Waals surface area (Å²) in [6.45, 7) is 6.92. The predicted molar refractivity (Wildman–Crippen MR) is 94.2 cm³/mol. The van der Waals surface area contributed by atoms with E-state index in [1.807, 2.05) is 26.0 Å². The van der Waals surface area contributed by atoms with Crippen molar-refractivity contribution in [2.45, 2.75) is 32.8 Å². The van der Waals surface area contributed by atoms with Gasteiger partial charge < -0.3 is 15.4 Å². The van der Waals surface area contributed by atoms with E-state index in [1.165, 1.54) is 5.56 Å². The van der Waals surface area contributed by atoms with Gasteiger partial charge in [0.15, 0.2) is 5.96 Å². The second-order valence-electron chi connectivity index (χ2n) is 5.00. The van der Waals surface area contributed by atoms with Gasteiger partial charge in [-0.15, -0.1) is 24.0 Å². The van der Waals surface area contributed by atoms with Crippen molar-refractivity contribution in [3.63, 3.8) is 0 Å². The molecule has 1 aromatic carbocycles. The minimum Gasteiger partial charge on any atom is -0.491 e. The zero-order chi connectivity index (χ0) is 13.5. The van der Waals surface area contributed by atoms with E-state index in [0.717, 1.165) is 44.2 Å². The van der Waals surface area contributed by atoms with Crippen molar-refractivity contribution in [2.24, 2.45) is 4.99 Å². The fourth-order valence-corrected chi connectivity index (χ4v) is 1.98. The lowest BCUT2D eigenvalue weighted by Crippen LogP contribution is -2.41. The molecule has 2 N–H and O–H groups in total. The lowest BCUT2D eigenvalue weighted by molar-refractivity contribution is 0.242. The standard InChI is InChI=1S/C15H23N3O.HI/c1-12(2)19-14-6-4-13(5-7-14)8-11-18-15-16-9-3-10-17-15;/h4-7,12H,3,8-11H2,1-2H3,(H2,16,17,18);1H. The Bertz CT molecular complexity index is 418. The molecule has 0 amide bonds. The molecule has 0 spiro atoms. The minimum atomic E-state index is 0. The fourth-order valence-electron chi connectivity index (χ4n) is 1.98. The van der Waals surface area contributed by atoms with Gasteiger partial charge in [-0.25, -0.2) is 0 Å². The second-order valence-corrected chi connectivity index (χ2v) is 5.00. The highest BCUT2D eigenvalue weighted by atomic mass is 127. The van der Waals surface area contributed by atoms with Gasteiger partial charge in [-0.05, 0) is 44.4 Å². The van der Waals surface area contributed by atoms with Gasteiger partial charge in [0.1, 0.15) is 5.75 Å². The first-order valence-corrected chi connectivity index (χ1v) is 7.02. The molecule has 2 rings (SSSR count). The number of guanidine groups is 1. The molecular formula is C15H24IN3O. The topological polar surface area (TPSA) is 45.6 Å². The first kappa shape index (κ1) is 17.1. The highest BCUT2D eigenvalue weighted by Gasteiger charge is 2.03. The van der Waals surface area contributed by atoms with Crippen LogP contribution in [0, 0.1) is 0 Å². The Balaban J connectivity index is 0.00000200. The molecule has 1 aliphatic rings. The van der Waals surface area contributed by atoms with E-state index in [2.05, 4.69) is 27.8 Å². The summed E-state index contributed by atoms with van der Waals surface area (Å²) in [6.07, 6.45) is 2.34. The van der Waals surface area contributed by atoms with E-state index in [-0.39, 0.29) is 30.1 Å². The van der Waals surface area contributed by atoms with Gasteiger partial charge in [0.05, 0.1) is 6.10 Å². The van der Waals surface area contributed by atoms with Crippen LogP contribution in [0.4, 0.5) is 0 Å². The highest BCUT2D eigenvalue weighted by molar-refractivity contribution is 14.0. The van der Waals surface area contributed by atoms with Crippen LogP contribution in [0.5, 0.6) is 5.75 Å². The van der Waals surface area contributed by atoms with Crippen LogP contribution in [0.3, 0.4) is 0 Å². The Labute approximate surface area is 138 Å². The third kappa shape index (κ3) is 5.98. The summed E-state index contributed by atoms with van der Waals surface area (Å²) < 4.78 is 5.62. The largest absolute Gasteiger partial charge is 0.491 e. The molecule has 5 heteroatoms. The SMILES string of the molecule is CC(C)Oc1ccc(CCNC2=NCCCN2)cc1.I. The van der Waals surface area contributed by atoms with Crippen molar-refractivity contribution in [3.05, 3.63) is 29.8 Å². The number of rotatable bonds is 5. The molecule has 1 aromatic rings. The number of hydrogen-bond donors (Lipinski definition) is 2. The summed E-state index contributed by atoms with van der Waals surface area (Å²) in [5.41, 5.74) is 1.31. The van der Waals surface area contributed by atoms with E-state index in [1.54, 1.807) is 0 Å². The molecule has 112 valence electrons. The Morgan fingerprint density at radius 3 is 2.65 bits per heavy atom. The number of halogens is 1. The van der Waals surface area contributed by atoms with Crippen LogP contribution < -0.4 is 15.4 Å². The Morgan fingerprint density at radius 1 is 1.30 bits per heavy atom. The summed E-state index contributed by atoms with van der Waals surface area (Å²) in [5, 5.41) is 6.58. The third-order valence-corrected chi connectivity index (χ3v) is 2.90. The molecule has 0 radical (unpaired) electrons. The van der Waals surface area contributed by atoms with Gasteiger partial charge in [0, 0.05) is 19.6 Å². The van der Waals surface area contributed by atoms with Crippen LogP contribution in [0.2, 0.25) is 0 Å². The smallest absolute Gasteiger partial charge is 0.191 e. The Morgan fingerprint density at radius 2 is 2.05 bits per heavy atom. The molecule has 20 heavy (non-hydrogen) atoms.